The molecule has 0 saturated heterocycles. The van der Waals surface area contributed by atoms with E-state index in [1.807, 2.05) is 45.3 Å². The van der Waals surface area contributed by atoms with Crippen LogP contribution in [0.4, 0.5) is 0 Å². The first-order valence-electron chi connectivity index (χ1n) is 20.1. The van der Waals surface area contributed by atoms with E-state index >= 15 is 0 Å². The van der Waals surface area contributed by atoms with Crippen LogP contribution >= 0.6 is 45.3 Å². The zero-order valence-corrected chi connectivity index (χ0v) is 36.0. The van der Waals surface area contributed by atoms with Crippen LogP contribution in [0.5, 0.6) is 0 Å². The number of benzene rings is 2. The zero-order valence-electron chi connectivity index (χ0n) is 32.7. The fourth-order valence-electron chi connectivity index (χ4n) is 7.91. The van der Waals surface area contributed by atoms with E-state index in [1.54, 1.807) is 0 Å². The van der Waals surface area contributed by atoms with E-state index in [9.17, 15) is 0 Å². The molecule has 2 aromatic carbocycles. The highest BCUT2D eigenvalue weighted by atomic mass is 32.1. The lowest BCUT2D eigenvalue weighted by molar-refractivity contribution is -0.689. The highest BCUT2D eigenvalue weighted by Crippen LogP contribution is 2.41. The van der Waals surface area contributed by atoms with Gasteiger partial charge in [0.25, 0.3) is 0 Å². The molecule has 10 aromatic rings. The lowest BCUT2D eigenvalue weighted by Gasteiger charge is -2.03. The van der Waals surface area contributed by atoms with Gasteiger partial charge in [-0.15, -0.1) is 45.3 Å². The first-order chi connectivity index (χ1) is 29.6. The number of thiophene rings is 4. The van der Waals surface area contributed by atoms with Crippen molar-refractivity contribution in [1.82, 2.24) is 0 Å². The zero-order chi connectivity index (χ0) is 39.8. The molecule has 0 unspecified atom stereocenters. The van der Waals surface area contributed by atoms with Crippen molar-refractivity contribution in [1.29, 1.82) is 0 Å². The van der Waals surface area contributed by atoms with Crippen LogP contribution in [-0.2, 0) is 26.2 Å². The Bertz CT molecular complexity index is 2670. The van der Waals surface area contributed by atoms with Crippen molar-refractivity contribution in [2.45, 2.75) is 26.2 Å². The standard InChI is InChI=1S/C52H40N4S4/c1-3-37-31-38(4-1)34-54-25-17-42(18-26-54)46-8-12-50(58-46)52-14-10-48(60-52)44-21-29-56(30-22-44)36-40-6-2-5-39(32-40)35-55-27-19-43(20-28-55)47-9-13-51(59-47)49-11-7-45(57-49)41-15-23-53(33-37)24-16-41/h1-32H,33-36H2/q+4. The number of hydrogen-bond donors (Lipinski definition) is 0. The number of aromatic nitrogens is 4. The second kappa shape index (κ2) is 16.1. The lowest BCUT2D eigenvalue weighted by Crippen LogP contribution is -2.34. The molecule has 0 aliphatic carbocycles. The van der Waals surface area contributed by atoms with E-state index in [0.29, 0.717) is 0 Å². The van der Waals surface area contributed by atoms with Gasteiger partial charge in [0.15, 0.2) is 75.8 Å². The molecule has 20 bridgehead atoms. The first kappa shape index (κ1) is 36.9. The normalized spacial score (nSPS) is 12.4. The van der Waals surface area contributed by atoms with Crippen LogP contribution in [0.2, 0.25) is 0 Å². The predicted octanol–water partition coefficient (Wildman–Crippen LogP) is 11.6. The molecule has 7 aliphatic heterocycles. The summed E-state index contributed by atoms with van der Waals surface area (Å²) < 4.78 is 9.07. The molecular weight excluding hydrogens is 809 g/mol. The fraction of sp³-hybridized carbons (Fsp3) is 0.0769. The van der Waals surface area contributed by atoms with Gasteiger partial charge in [0.05, 0.1) is 0 Å². The Kier molecular flexibility index (Phi) is 9.91. The Hall–Kier alpha value is -6.16. The van der Waals surface area contributed by atoms with Crippen molar-refractivity contribution in [3.63, 3.8) is 0 Å². The molecular formula is C52H40N4S4+4. The van der Waals surface area contributed by atoms with Crippen LogP contribution < -0.4 is 18.3 Å². The summed E-state index contributed by atoms with van der Waals surface area (Å²) in [5.74, 6) is 0. The SMILES string of the molecule is c1cc2cc(c1)C[n+]1ccc(cc1)-c1ccc(s1)-c1ccc(s1)-c1cc[n+](cc1)Cc1cccc(c1)C[n+]1ccc(cc1)-c1ccc(s1)-c1ccc(s1)-c1cc[n+](cc1)C2. The van der Waals surface area contributed by atoms with Crippen LogP contribution in [-0.4, -0.2) is 0 Å². The third-order valence-electron chi connectivity index (χ3n) is 11.1. The maximum Gasteiger partial charge on any atom is 0.173 e. The molecule has 60 heavy (non-hydrogen) atoms. The molecule has 288 valence electrons. The summed E-state index contributed by atoms with van der Waals surface area (Å²) in [5.41, 5.74) is 10.2. The molecule has 4 nitrogen and oxygen atoms in total. The monoisotopic (exact) mass is 848 g/mol. The Morgan fingerprint density at radius 3 is 0.700 bits per heavy atom. The predicted molar refractivity (Wildman–Crippen MR) is 247 cm³/mol. The third kappa shape index (κ3) is 7.95. The summed E-state index contributed by atoms with van der Waals surface area (Å²) in [7, 11) is 0. The summed E-state index contributed by atoms with van der Waals surface area (Å²) in [5, 5.41) is 0. The summed E-state index contributed by atoms with van der Waals surface area (Å²) in [4.78, 5) is 10.4. The second-order valence-electron chi connectivity index (χ2n) is 15.3. The van der Waals surface area contributed by atoms with Crippen LogP contribution in [0.1, 0.15) is 22.3 Å². The molecule has 0 saturated carbocycles. The van der Waals surface area contributed by atoms with Crippen molar-refractivity contribution in [2.75, 3.05) is 0 Å². The minimum Gasteiger partial charge on any atom is -0.201 e. The molecule has 7 aliphatic rings. The smallest absolute Gasteiger partial charge is 0.173 e. The minimum atomic E-state index is 0.829. The maximum atomic E-state index is 2.33. The fourth-order valence-corrected chi connectivity index (χ4v) is 12.1. The van der Waals surface area contributed by atoms with Gasteiger partial charge in [-0.25, -0.2) is 18.3 Å². The molecule has 0 amide bonds. The van der Waals surface area contributed by atoms with E-state index in [4.69, 9.17) is 0 Å². The average Bonchev–Trinajstić information content (AvgIpc) is 4.13. The van der Waals surface area contributed by atoms with E-state index < -0.39 is 0 Å². The van der Waals surface area contributed by atoms with Crippen molar-refractivity contribution < 1.29 is 18.3 Å². The summed E-state index contributed by atoms with van der Waals surface area (Å²) >= 11 is 7.45. The van der Waals surface area contributed by atoms with Crippen molar-refractivity contribution in [3.05, 3.63) is 217 Å². The number of rotatable bonds is 0. The van der Waals surface area contributed by atoms with Crippen LogP contribution in [0, 0.1) is 0 Å². The van der Waals surface area contributed by atoms with Crippen LogP contribution in [0.3, 0.4) is 0 Å². The quantitative estimate of drug-likeness (QED) is 0.135. The molecule has 0 N–H and O–H groups in total. The van der Waals surface area contributed by atoms with Gasteiger partial charge in [-0.3, -0.25) is 0 Å². The highest BCUT2D eigenvalue weighted by molar-refractivity contribution is 7.25. The minimum absolute atomic E-state index is 0.829. The molecule has 15 heterocycles. The molecule has 0 atom stereocenters. The Morgan fingerprint density at radius 2 is 0.467 bits per heavy atom. The van der Waals surface area contributed by atoms with Gasteiger partial charge >= 0.3 is 0 Å². The van der Waals surface area contributed by atoms with Crippen molar-refractivity contribution in [2.24, 2.45) is 0 Å². The van der Waals surface area contributed by atoms with Crippen LogP contribution in [0.15, 0.2) is 195 Å². The number of nitrogens with zero attached hydrogens (tertiary/aromatic N) is 4. The van der Waals surface area contributed by atoms with Gasteiger partial charge in [0.1, 0.15) is 0 Å². The lowest BCUT2D eigenvalue weighted by atomic mass is 10.1. The molecule has 17 rings (SSSR count). The molecule has 0 fully saturated rings. The number of pyridine rings is 4. The van der Waals surface area contributed by atoms with Gasteiger partial charge in [0, 0.05) is 132 Å². The van der Waals surface area contributed by atoms with Crippen LogP contribution in [0.25, 0.3) is 61.3 Å². The summed E-state index contributed by atoms with van der Waals surface area (Å²) in [6.45, 7) is 3.32. The highest BCUT2D eigenvalue weighted by Gasteiger charge is 2.15. The van der Waals surface area contributed by atoms with Crippen molar-refractivity contribution in [3.8, 4) is 61.3 Å². The second-order valence-corrected chi connectivity index (χ2v) is 19.7. The van der Waals surface area contributed by atoms with Gasteiger partial charge in [0.2, 0.25) is 0 Å². The summed E-state index contributed by atoms with van der Waals surface area (Å²) in [6, 6.07) is 54.0. The van der Waals surface area contributed by atoms with Gasteiger partial charge in [-0.05, 0) is 60.7 Å². The van der Waals surface area contributed by atoms with E-state index in [2.05, 4.69) is 213 Å². The van der Waals surface area contributed by atoms with Gasteiger partial charge in [-0.2, -0.15) is 0 Å². The first-order valence-corrected chi connectivity index (χ1v) is 23.4. The Balaban J connectivity index is 0.883. The average molecular weight is 849 g/mol. The molecule has 0 radical (unpaired) electrons. The Morgan fingerprint density at radius 1 is 0.250 bits per heavy atom. The molecule has 8 heteroatoms. The van der Waals surface area contributed by atoms with E-state index in [-0.39, 0.29) is 0 Å². The third-order valence-corrected chi connectivity index (χ3v) is 16.0. The van der Waals surface area contributed by atoms with Gasteiger partial charge in [-0.1, -0.05) is 36.4 Å². The van der Waals surface area contributed by atoms with E-state index in [0.717, 1.165) is 26.2 Å². The Labute approximate surface area is 366 Å². The largest absolute Gasteiger partial charge is 0.201 e. The maximum absolute atomic E-state index is 2.33. The topological polar surface area (TPSA) is 15.5 Å². The summed E-state index contributed by atoms with van der Waals surface area (Å²) in [6.07, 6.45) is 17.6. The van der Waals surface area contributed by atoms with Gasteiger partial charge < -0.3 is 0 Å². The van der Waals surface area contributed by atoms with E-state index in [1.165, 1.54) is 83.5 Å². The molecule has 0 spiro atoms. The molecule has 8 aromatic heterocycles. The van der Waals surface area contributed by atoms with Crippen molar-refractivity contribution >= 4 is 45.3 Å². The number of hydrogen-bond acceptors (Lipinski definition) is 4.